The zero-order valence-electron chi connectivity index (χ0n) is 12.3. The second kappa shape index (κ2) is 7.53. The van der Waals surface area contributed by atoms with Crippen LogP contribution in [0.15, 0.2) is 65.4 Å². The molecule has 2 aromatic heterocycles. The molecule has 23 heavy (non-hydrogen) atoms. The topological polar surface area (TPSA) is 42.0 Å². The maximum atomic E-state index is 12.2. The van der Waals surface area contributed by atoms with Crippen LogP contribution >= 0.6 is 27.3 Å². The van der Waals surface area contributed by atoms with Crippen molar-refractivity contribution in [1.29, 1.82) is 0 Å². The molecule has 1 N–H and O–H groups in total. The standard InChI is InChI=1S/C18H15BrN2OS/c19-15-3-1-13(2-4-15)7-12-21-18(22)17-6-5-16(23-17)14-8-10-20-11-9-14/h1-6,8-11H,7,12H2,(H,21,22). The maximum Gasteiger partial charge on any atom is 0.261 e. The van der Waals surface area contributed by atoms with Gasteiger partial charge in [-0.05, 0) is 53.9 Å². The molecule has 0 spiro atoms. The fraction of sp³-hybridized carbons (Fsp3) is 0.111. The molecular weight excluding hydrogens is 372 g/mol. The summed E-state index contributed by atoms with van der Waals surface area (Å²) in [6.07, 6.45) is 4.33. The van der Waals surface area contributed by atoms with Gasteiger partial charge in [0.25, 0.3) is 5.91 Å². The number of carbonyl (C=O) groups excluding carboxylic acids is 1. The van der Waals surface area contributed by atoms with E-state index in [9.17, 15) is 4.79 Å². The van der Waals surface area contributed by atoms with E-state index in [4.69, 9.17) is 0 Å². The van der Waals surface area contributed by atoms with E-state index >= 15 is 0 Å². The monoisotopic (exact) mass is 386 g/mol. The number of aromatic nitrogens is 1. The molecule has 5 heteroatoms. The van der Waals surface area contributed by atoms with E-state index in [-0.39, 0.29) is 5.91 Å². The fourth-order valence-corrected chi connectivity index (χ4v) is 3.38. The highest BCUT2D eigenvalue weighted by Gasteiger charge is 2.09. The van der Waals surface area contributed by atoms with Gasteiger partial charge in [0.2, 0.25) is 0 Å². The molecule has 0 radical (unpaired) electrons. The Morgan fingerprint density at radius 2 is 1.78 bits per heavy atom. The molecule has 3 nitrogen and oxygen atoms in total. The molecule has 0 bridgehead atoms. The number of pyridine rings is 1. The van der Waals surface area contributed by atoms with Crippen molar-refractivity contribution in [3.8, 4) is 10.4 Å². The molecule has 3 rings (SSSR count). The molecule has 3 aromatic rings. The van der Waals surface area contributed by atoms with Crippen LogP contribution in [0.5, 0.6) is 0 Å². The summed E-state index contributed by atoms with van der Waals surface area (Å²) in [7, 11) is 0. The summed E-state index contributed by atoms with van der Waals surface area (Å²) in [6.45, 7) is 0.628. The van der Waals surface area contributed by atoms with Crippen LogP contribution in [-0.2, 0) is 6.42 Å². The van der Waals surface area contributed by atoms with Gasteiger partial charge in [-0.25, -0.2) is 0 Å². The predicted octanol–water partition coefficient (Wildman–Crippen LogP) is 4.55. The van der Waals surface area contributed by atoms with Crippen molar-refractivity contribution in [2.45, 2.75) is 6.42 Å². The quantitative estimate of drug-likeness (QED) is 0.698. The molecule has 0 aliphatic rings. The van der Waals surface area contributed by atoms with Crippen LogP contribution in [0.1, 0.15) is 15.2 Å². The summed E-state index contributed by atoms with van der Waals surface area (Å²) < 4.78 is 1.06. The zero-order valence-corrected chi connectivity index (χ0v) is 14.7. The summed E-state index contributed by atoms with van der Waals surface area (Å²) in [6, 6.07) is 15.9. The second-order valence-electron chi connectivity index (χ2n) is 5.03. The highest BCUT2D eigenvalue weighted by Crippen LogP contribution is 2.27. The summed E-state index contributed by atoms with van der Waals surface area (Å²) in [5.41, 5.74) is 2.29. The lowest BCUT2D eigenvalue weighted by atomic mass is 10.1. The molecule has 1 aromatic carbocycles. The van der Waals surface area contributed by atoms with Gasteiger partial charge < -0.3 is 5.32 Å². The number of thiophene rings is 1. The van der Waals surface area contributed by atoms with Crippen molar-refractivity contribution in [3.63, 3.8) is 0 Å². The Labute approximate surface area is 147 Å². The van der Waals surface area contributed by atoms with Crippen molar-refractivity contribution in [2.24, 2.45) is 0 Å². The molecule has 0 aliphatic heterocycles. The first-order chi connectivity index (χ1) is 11.2. The van der Waals surface area contributed by atoms with Gasteiger partial charge in [-0.15, -0.1) is 11.3 Å². The van der Waals surface area contributed by atoms with Crippen LogP contribution in [0, 0.1) is 0 Å². The van der Waals surface area contributed by atoms with Gasteiger partial charge in [-0.1, -0.05) is 28.1 Å². The third kappa shape index (κ3) is 4.27. The highest BCUT2D eigenvalue weighted by atomic mass is 79.9. The maximum absolute atomic E-state index is 12.2. The second-order valence-corrected chi connectivity index (χ2v) is 7.03. The Morgan fingerprint density at radius 1 is 1.04 bits per heavy atom. The first kappa shape index (κ1) is 15.9. The summed E-state index contributed by atoms with van der Waals surface area (Å²) in [5, 5.41) is 2.97. The summed E-state index contributed by atoms with van der Waals surface area (Å²) in [5.74, 6) is -0.0209. The van der Waals surface area contributed by atoms with E-state index in [1.807, 2.05) is 36.4 Å². The number of carbonyl (C=O) groups is 1. The Balaban J connectivity index is 1.56. The minimum absolute atomic E-state index is 0.0209. The molecule has 0 fully saturated rings. The van der Waals surface area contributed by atoms with Crippen molar-refractivity contribution in [3.05, 3.63) is 75.8 Å². The molecule has 0 aliphatic carbocycles. The van der Waals surface area contributed by atoms with Crippen LogP contribution in [0.25, 0.3) is 10.4 Å². The number of hydrogen-bond donors (Lipinski definition) is 1. The molecule has 0 saturated heterocycles. The lowest BCUT2D eigenvalue weighted by Gasteiger charge is -2.04. The van der Waals surface area contributed by atoms with Gasteiger partial charge in [-0.2, -0.15) is 0 Å². The van der Waals surface area contributed by atoms with Crippen LogP contribution in [0.2, 0.25) is 0 Å². The predicted molar refractivity (Wildman–Crippen MR) is 97.7 cm³/mol. The van der Waals surface area contributed by atoms with Crippen LogP contribution in [-0.4, -0.2) is 17.4 Å². The SMILES string of the molecule is O=C(NCCc1ccc(Br)cc1)c1ccc(-c2ccncc2)s1. The average molecular weight is 387 g/mol. The third-order valence-electron chi connectivity index (χ3n) is 3.41. The molecule has 0 unspecified atom stereocenters. The van der Waals surface area contributed by atoms with Crippen molar-refractivity contribution >= 4 is 33.2 Å². The number of nitrogens with zero attached hydrogens (tertiary/aromatic N) is 1. The zero-order chi connectivity index (χ0) is 16.1. The van der Waals surface area contributed by atoms with Gasteiger partial charge >= 0.3 is 0 Å². The van der Waals surface area contributed by atoms with E-state index in [0.717, 1.165) is 26.2 Å². The Hall–Kier alpha value is -1.98. The van der Waals surface area contributed by atoms with E-state index in [0.29, 0.717) is 6.54 Å². The average Bonchev–Trinajstić information content (AvgIpc) is 3.07. The van der Waals surface area contributed by atoms with E-state index in [1.165, 1.54) is 16.9 Å². The first-order valence-electron chi connectivity index (χ1n) is 7.25. The van der Waals surface area contributed by atoms with Crippen LogP contribution < -0.4 is 5.32 Å². The smallest absolute Gasteiger partial charge is 0.261 e. The Bertz CT molecular complexity index is 784. The minimum atomic E-state index is -0.0209. The van der Waals surface area contributed by atoms with Gasteiger partial charge in [0.1, 0.15) is 0 Å². The third-order valence-corrected chi connectivity index (χ3v) is 5.07. The number of nitrogens with one attached hydrogen (secondary N) is 1. The summed E-state index contributed by atoms with van der Waals surface area (Å²) >= 11 is 4.91. The molecule has 1 amide bonds. The first-order valence-corrected chi connectivity index (χ1v) is 8.86. The molecule has 2 heterocycles. The van der Waals surface area contributed by atoms with Gasteiger partial charge in [0.05, 0.1) is 4.88 Å². The van der Waals surface area contributed by atoms with E-state index < -0.39 is 0 Å². The number of hydrogen-bond acceptors (Lipinski definition) is 3. The Kier molecular flexibility index (Phi) is 5.20. The Morgan fingerprint density at radius 3 is 2.52 bits per heavy atom. The number of halogens is 1. The van der Waals surface area contributed by atoms with Gasteiger partial charge in [0, 0.05) is 28.3 Å². The fourth-order valence-electron chi connectivity index (χ4n) is 2.19. The van der Waals surface area contributed by atoms with Crippen molar-refractivity contribution in [1.82, 2.24) is 10.3 Å². The van der Waals surface area contributed by atoms with Gasteiger partial charge in [0.15, 0.2) is 0 Å². The lowest BCUT2D eigenvalue weighted by molar-refractivity contribution is 0.0958. The van der Waals surface area contributed by atoms with Crippen molar-refractivity contribution in [2.75, 3.05) is 6.54 Å². The molecule has 0 atom stereocenters. The minimum Gasteiger partial charge on any atom is -0.351 e. The summed E-state index contributed by atoms with van der Waals surface area (Å²) in [4.78, 5) is 18.0. The van der Waals surface area contributed by atoms with E-state index in [2.05, 4.69) is 38.4 Å². The van der Waals surface area contributed by atoms with Crippen molar-refractivity contribution < 1.29 is 4.79 Å². The highest BCUT2D eigenvalue weighted by molar-refractivity contribution is 9.10. The number of amides is 1. The lowest BCUT2D eigenvalue weighted by Crippen LogP contribution is -2.24. The number of rotatable bonds is 5. The van der Waals surface area contributed by atoms with Gasteiger partial charge in [-0.3, -0.25) is 9.78 Å². The number of benzene rings is 1. The normalized spacial score (nSPS) is 10.5. The largest absolute Gasteiger partial charge is 0.351 e. The molecule has 0 saturated carbocycles. The van der Waals surface area contributed by atoms with Crippen LogP contribution in [0.3, 0.4) is 0 Å². The van der Waals surface area contributed by atoms with E-state index in [1.54, 1.807) is 12.4 Å². The molecular formula is C18H15BrN2OS. The molecule has 116 valence electrons. The van der Waals surface area contributed by atoms with Crippen LogP contribution in [0.4, 0.5) is 0 Å².